The van der Waals surface area contributed by atoms with Crippen LogP contribution in [0.2, 0.25) is 0 Å². The maximum absolute atomic E-state index is 4.48. The second-order valence-corrected chi connectivity index (χ2v) is 5.69. The molecule has 0 aliphatic carbocycles. The van der Waals surface area contributed by atoms with Crippen LogP contribution >= 0.6 is 11.8 Å². The van der Waals surface area contributed by atoms with E-state index in [1.807, 2.05) is 27.0 Å². The molecule has 3 nitrogen and oxygen atoms in total. The van der Waals surface area contributed by atoms with Crippen LogP contribution in [-0.4, -0.2) is 17.0 Å². The summed E-state index contributed by atoms with van der Waals surface area (Å²) in [4.78, 5) is 10.2. The van der Waals surface area contributed by atoms with E-state index < -0.39 is 0 Å². The van der Waals surface area contributed by atoms with E-state index in [9.17, 15) is 0 Å². The third-order valence-electron chi connectivity index (χ3n) is 2.75. The Morgan fingerprint density at radius 1 is 1.05 bits per heavy atom. The Morgan fingerprint density at radius 3 is 2.37 bits per heavy atom. The topological polar surface area (TPSA) is 37.8 Å². The van der Waals surface area contributed by atoms with Crippen molar-refractivity contribution < 1.29 is 0 Å². The van der Waals surface area contributed by atoms with Crippen molar-refractivity contribution >= 4 is 11.8 Å². The van der Waals surface area contributed by atoms with Crippen LogP contribution in [0.1, 0.15) is 22.5 Å². The van der Waals surface area contributed by atoms with E-state index in [0.29, 0.717) is 0 Å². The van der Waals surface area contributed by atoms with Crippen LogP contribution in [0, 0.1) is 20.8 Å². The molecule has 2 rings (SSSR count). The fraction of sp³-hybridized carbons (Fsp3) is 0.333. The van der Waals surface area contributed by atoms with E-state index in [4.69, 9.17) is 0 Å². The van der Waals surface area contributed by atoms with Crippen molar-refractivity contribution in [1.29, 1.82) is 0 Å². The van der Waals surface area contributed by atoms with Gasteiger partial charge in [-0.2, -0.15) is 0 Å². The van der Waals surface area contributed by atoms with E-state index in [1.54, 1.807) is 11.8 Å². The molecule has 0 spiro atoms. The Hall–Kier alpha value is -1.39. The highest BCUT2D eigenvalue weighted by Crippen LogP contribution is 2.29. The van der Waals surface area contributed by atoms with Crippen LogP contribution < -0.4 is 5.32 Å². The van der Waals surface area contributed by atoms with Gasteiger partial charge >= 0.3 is 0 Å². The molecule has 0 fully saturated rings. The predicted octanol–water partition coefficient (Wildman–Crippen LogP) is 3.27. The summed E-state index contributed by atoms with van der Waals surface area (Å²) in [6.45, 7) is 6.97. The summed E-state index contributed by atoms with van der Waals surface area (Å²) in [5.41, 5.74) is 4.58. The predicted molar refractivity (Wildman–Crippen MR) is 79.6 cm³/mol. The lowest BCUT2D eigenvalue weighted by Crippen LogP contribution is -2.06. The van der Waals surface area contributed by atoms with Gasteiger partial charge in [0.25, 0.3) is 0 Å². The molecular formula is C15H19N3S. The third-order valence-corrected chi connectivity index (χ3v) is 3.73. The second kappa shape index (κ2) is 6.17. The van der Waals surface area contributed by atoms with Gasteiger partial charge in [0.05, 0.1) is 0 Å². The van der Waals surface area contributed by atoms with Crippen LogP contribution in [0.25, 0.3) is 0 Å². The number of aryl methyl sites for hydroxylation is 3. The van der Waals surface area contributed by atoms with Crippen molar-refractivity contribution in [1.82, 2.24) is 15.3 Å². The minimum atomic E-state index is 0.818. The molecule has 0 atom stereocenters. The van der Waals surface area contributed by atoms with Crippen molar-refractivity contribution in [3.8, 4) is 0 Å². The molecule has 0 aliphatic rings. The molecule has 100 valence electrons. The smallest absolute Gasteiger partial charge is 0.192 e. The zero-order valence-corrected chi connectivity index (χ0v) is 12.6. The molecule has 0 bridgehead atoms. The van der Waals surface area contributed by atoms with Gasteiger partial charge in [0.15, 0.2) is 5.16 Å². The first-order valence-corrected chi connectivity index (χ1v) is 7.14. The SMILES string of the molecule is CNCc1cc(C)ccc1Sc1nc(C)cc(C)n1. The minimum absolute atomic E-state index is 0.818. The lowest BCUT2D eigenvalue weighted by Gasteiger charge is -2.10. The Labute approximate surface area is 118 Å². The van der Waals surface area contributed by atoms with Gasteiger partial charge in [-0.3, -0.25) is 0 Å². The molecule has 0 aliphatic heterocycles. The van der Waals surface area contributed by atoms with E-state index in [1.165, 1.54) is 16.0 Å². The van der Waals surface area contributed by atoms with Crippen LogP contribution in [0.15, 0.2) is 34.3 Å². The van der Waals surface area contributed by atoms with E-state index >= 15 is 0 Å². The van der Waals surface area contributed by atoms with Crippen LogP contribution in [0.4, 0.5) is 0 Å². The lowest BCUT2D eigenvalue weighted by molar-refractivity contribution is 0.801. The molecule has 1 aromatic heterocycles. The van der Waals surface area contributed by atoms with Crippen molar-refractivity contribution in [3.05, 3.63) is 46.8 Å². The largest absolute Gasteiger partial charge is 0.316 e. The van der Waals surface area contributed by atoms with Crippen molar-refractivity contribution in [3.63, 3.8) is 0 Å². The molecule has 1 heterocycles. The quantitative estimate of drug-likeness (QED) is 0.868. The number of benzene rings is 1. The van der Waals surface area contributed by atoms with Gasteiger partial charge in [-0.05, 0) is 57.3 Å². The number of nitrogens with zero attached hydrogens (tertiary/aromatic N) is 2. The van der Waals surface area contributed by atoms with E-state index in [2.05, 4.69) is 40.4 Å². The normalized spacial score (nSPS) is 10.7. The summed E-state index contributed by atoms with van der Waals surface area (Å²) in [6, 6.07) is 8.48. The molecule has 19 heavy (non-hydrogen) atoms. The highest BCUT2D eigenvalue weighted by atomic mass is 32.2. The maximum Gasteiger partial charge on any atom is 0.192 e. The van der Waals surface area contributed by atoms with Gasteiger partial charge in [-0.1, -0.05) is 17.7 Å². The van der Waals surface area contributed by atoms with E-state index in [0.717, 1.165) is 23.1 Å². The Morgan fingerprint density at radius 2 is 1.74 bits per heavy atom. The fourth-order valence-electron chi connectivity index (χ4n) is 1.97. The summed E-state index contributed by atoms with van der Waals surface area (Å²) in [5, 5.41) is 4.02. The van der Waals surface area contributed by atoms with Gasteiger partial charge < -0.3 is 5.32 Å². The minimum Gasteiger partial charge on any atom is -0.316 e. The molecule has 0 saturated heterocycles. The number of rotatable bonds is 4. The molecule has 4 heteroatoms. The van der Waals surface area contributed by atoms with Gasteiger partial charge in [0, 0.05) is 22.8 Å². The highest BCUT2D eigenvalue weighted by Gasteiger charge is 2.07. The highest BCUT2D eigenvalue weighted by molar-refractivity contribution is 7.99. The number of nitrogens with one attached hydrogen (secondary N) is 1. The van der Waals surface area contributed by atoms with Crippen molar-refractivity contribution in [2.24, 2.45) is 0 Å². The lowest BCUT2D eigenvalue weighted by atomic mass is 10.1. The summed E-state index contributed by atoms with van der Waals surface area (Å²) >= 11 is 1.63. The summed E-state index contributed by atoms with van der Waals surface area (Å²) in [6.07, 6.45) is 0. The van der Waals surface area contributed by atoms with Crippen molar-refractivity contribution in [2.75, 3.05) is 7.05 Å². The van der Waals surface area contributed by atoms with Crippen LogP contribution in [-0.2, 0) is 6.54 Å². The Balaban J connectivity index is 2.31. The molecule has 0 amide bonds. The van der Waals surface area contributed by atoms with Crippen LogP contribution in [0.5, 0.6) is 0 Å². The number of hydrogen-bond acceptors (Lipinski definition) is 4. The number of aromatic nitrogens is 2. The zero-order chi connectivity index (χ0) is 13.8. The molecule has 0 unspecified atom stereocenters. The Bertz CT molecular complexity index is 561. The molecule has 2 aromatic rings. The van der Waals surface area contributed by atoms with Gasteiger partial charge in [0.1, 0.15) is 0 Å². The maximum atomic E-state index is 4.48. The van der Waals surface area contributed by atoms with Gasteiger partial charge in [-0.25, -0.2) is 9.97 Å². The summed E-state index contributed by atoms with van der Waals surface area (Å²) in [5.74, 6) is 0. The zero-order valence-electron chi connectivity index (χ0n) is 11.8. The Kier molecular flexibility index (Phi) is 4.56. The van der Waals surface area contributed by atoms with Gasteiger partial charge in [-0.15, -0.1) is 0 Å². The van der Waals surface area contributed by atoms with E-state index in [-0.39, 0.29) is 0 Å². The molecule has 1 aromatic carbocycles. The molecule has 0 radical (unpaired) electrons. The van der Waals surface area contributed by atoms with Gasteiger partial charge in [0.2, 0.25) is 0 Å². The monoisotopic (exact) mass is 273 g/mol. The molecular weight excluding hydrogens is 254 g/mol. The van der Waals surface area contributed by atoms with Crippen LogP contribution in [0.3, 0.4) is 0 Å². The third kappa shape index (κ3) is 3.78. The first-order valence-electron chi connectivity index (χ1n) is 6.33. The first-order chi connectivity index (χ1) is 9.08. The number of hydrogen-bond donors (Lipinski definition) is 1. The second-order valence-electron chi connectivity index (χ2n) is 4.68. The average molecular weight is 273 g/mol. The summed E-state index contributed by atoms with van der Waals surface area (Å²) in [7, 11) is 1.96. The standard InChI is InChI=1S/C15H19N3S/c1-10-5-6-14(13(7-10)9-16-4)19-15-17-11(2)8-12(3)18-15/h5-8,16H,9H2,1-4H3. The van der Waals surface area contributed by atoms with Crippen molar-refractivity contribution in [2.45, 2.75) is 37.4 Å². The molecule has 0 saturated carbocycles. The summed E-state index contributed by atoms with van der Waals surface area (Å²) < 4.78 is 0. The first kappa shape index (κ1) is 14.0. The fourth-order valence-corrected chi connectivity index (χ4v) is 2.95. The molecule has 1 N–H and O–H groups in total. The average Bonchev–Trinajstić information content (AvgIpc) is 2.32.